The second kappa shape index (κ2) is 7.14. The molecule has 0 aliphatic rings. The lowest BCUT2D eigenvalue weighted by atomic mass is 10.0. The number of amides is 1. The number of anilines is 2. The molecule has 0 fully saturated rings. The van der Waals surface area contributed by atoms with E-state index in [1.807, 2.05) is 62.4 Å². The van der Waals surface area contributed by atoms with Crippen LogP contribution in [-0.2, 0) is 4.79 Å². The quantitative estimate of drug-likeness (QED) is 0.784. The van der Waals surface area contributed by atoms with E-state index in [9.17, 15) is 9.90 Å². The molecule has 0 saturated carbocycles. The molecule has 3 heteroatoms. The number of hydrogen-bond donors (Lipinski definition) is 1. The van der Waals surface area contributed by atoms with E-state index < -0.39 is 0 Å². The zero-order valence-corrected chi connectivity index (χ0v) is 13.9. The van der Waals surface area contributed by atoms with Crippen LogP contribution < -0.4 is 4.90 Å². The molecule has 3 nitrogen and oxygen atoms in total. The smallest absolute Gasteiger partial charge is 0.232 e. The second-order valence-electron chi connectivity index (χ2n) is 5.90. The number of nitrogens with zero attached hydrogens (tertiary/aromatic N) is 1. The zero-order valence-electron chi connectivity index (χ0n) is 13.9. The Kier molecular flexibility index (Phi) is 5.22. The predicted molar refractivity (Wildman–Crippen MR) is 95.1 cm³/mol. The van der Waals surface area contributed by atoms with Crippen molar-refractivity contribution in [1.82, 2.24) is 0 Å². The summed E-state index contributed by atoms with van der Waals surface area (Å²) in [6, 6.07) is 15.6. The summed E-state index contributed by atoms with van der Waals surface area (Å²) >= 11 is 0. The van der Waals surface area contributed by atoms with Crippen molar-refractivity contribution in [2.45, 2.75) is 27.2 Å². The van der Waals surface area contributed by atoms with Crippen molar-refractivity contribution in [3.63, 3.8) is 0 Å². The van der Waals surface area contributed by atoms with Gasteiger partial charge in [-0.05, 0) is 37.1 Å². The molecule has 0 radical (unpaired) electrons. The van der Waals surface area contributed by atoms with Crippen LogP contribution >= 0.6 is 0 Å². The van der Waals surface area contributed by atoms with Crippen LogP contribution in [0.25, 0.3) is 0 Å². The predicted octanol–water partition coefficient (Wildman–Crippen LogP) is 5.07. The number of carbonyl (C=O) groups is 1. The lowest BCUT2D eigenvalue weighted by Crippen LogP contribution is -2.29. The SMILES string of the molecule is C=C(O)[C@H](C)CC(=O)N(c1ccccc1C)c1ccccc1C. The first-order chi connectivity index (χ1) is 10.9. The average molecular weight is 309 g/mol. The minimum Gasteiger partial charge on any atom is -0.513 e. The van der Waals surface area contributed by atoms with Gasteiger partial charge in [-0.1, -0.05) is 49.9 Å². The molecule has 1 amide bonds. The van der Waals surface area contributed by atoms with E-state index in [0.717, 1.165) is 22.5 Å². The average Bonchev–Trinajstić information content (AvgIpc) is 2.51. The molecule has 2 rings (SSSR count). The largest absolute Gasteiger partial charge is 0.513 e. The number of hydrogen-bond acceptors (Lipinski definition) is 2. The van der Waals surface area contributed by atoms with E-state index in [1.54, 1.807) is 11.8 Å². The summed E-state index contributed by atoms with van der Waals surface area (Å²) in [5, 5.41) is 9.54. The van der Waals surface area contributed by atoms with Crippen LogP contribution in [0, 0.1) is 19.8 Å². The molecule has 23 heavy (non-hydrogen) atoms. The van der Waals surface area contributed by atoms with Gasteiger partial charge in [0.15, 0.2) is 0 Å². The summed E-state index contributed by atoms with van der Waals surface area (Å²) in [4.78, 5) is 14.7. The van der Waals surface area contributed by atoms with Gasteiger partial charge >= 0.3 is 0 Å². The standard InChI is InChI=1S/C20H23NO2/c1-14-9-5-7-11-18(14)21(19-12-8-6-10-15(19)2)20(23)13-16(3)17(4)22/h5-12,16,22H,4,13H2,1-3H3/t16-/m1/s1. The van der Waals surface area contributed by atoms with E-state index in [4.69, 9.17) is 0 Å². The molecule has 2 aromatic rings. The molecule has 0 saturated heterocycles. The van der Waals surface area contributed by atoms with Crippen molar-refractivity contribution in [3.05, 3.63) is 72.0 Å². The third-order valence-corrected chi connectivity index (χ3v) is 4.01. The van der Waals surface area contributed by atoms with E-state index in [0.29, 0.717) is 0 Å². The zero-order chi connectivity index (χ0) is 17.0. The minimum absolute atomic E-state index is 0.0351. The third-order valence-electron chi connectivity index (χ3n) is 4.01. The van der Waals surface area contributed by atoms with Crippen LogP contribution in [0.1, 0.15) is 24.5 Å². The van der Waals surface area contributed by atoms with E-state index in [-0.39, 0.29) is 24.0 Å². The number of benzene rings is 2. The van der Waals surface area contributed by atoms with Crippen molar-refractivity contribution in [1.29, 1.82) is 0 Å². The number of para-hydroxylation sites is 2. The summed E-state index contributed by atoms with van der Waals surface area (Å²) in [6.07, 6.45) is 0.206. The molecule has 0 aromatic heterocycles. The maximum Gasteiger partial charge on any atom is 0.232 e. The van der Waals surface area contributed by atoms with Gasteiger partial charge in [-0.25, -0.2) is 0 Å². The van der Waals surface area contributed by atoms with Gasteiger partial charge < -0.3 is 5.11 Å². The van der Waals surface area contributed by atoms with Gasteiger partial charge in [0.1, 0.15) is 0 Å². The topological polar surface area (TPSA) is 40.5 Å². The third kappa shape index (κ3) is 3.81. The van der Waals surface area contributed by atoms with Crippen molar-refractivity contribution < 1.29 is 9.90 Å². The fourth-order valence-electron chi connectivity index (χ4n) is 2.50. The number of rotatable bonds is 5. The summed E-state index contributed by atoms with van der Waals surface area (Å²) < 4.78 is 0. The van der Waals surface area contributed by atoms with Crippen LogP contribution in [0.15, 0.2) is 60.9 Å². The minimum atomic E-state index is -0.280. The van der Waals surface area contributed by atoms with Crippen molar-refractivity contribution >= 4 is 17.3 Å². The Morgan fingerprint density at radius 3 is 1.87 bits per heavy atom. The molecule has 0 bridgehead atoms. The summed E-state index contributed by atoms with van der Waals surface area (Å²) in [5.41, 5.74) is 3.78. The summed E-state index contributed by atoms with van der Waals surface area (Å²) in [6.45, 7) is 9.31. The molecule has 0 heterocycles. The molecular weight excluding hydrogens is 286 g/mol. The maximum absolute atomic E-state index is 12.9. The Balaban J connectivity index is 2.49. The number of carbonyl (C=O) groups excluding carboxylic acids is 1. The molecule has 120 valence electrons. The van der Waals surface area contributed by atoms with Crippen molar-refractivity contribution in [2.24, 2.45) is 5.92 Å². The second-order valence-corrected chi connectivity index (χ2v) is 5.90. The Hall–Kier alpha value is -2.55. The van der Waals surface area contributed by atoms with Gasteiger partial charge in [0.05, 0.1) is 17.1 Å². The Bertz CT molecular complexity index is 676. The van der Waals surface area contributed by atoms with Crippen LogP contribution in [0.5, 0.6) is 0 Å². The molecule has 0 spiro atoms. The van der Waals surface area contributed by atoms with Crippen LogP contribution in [-0.4, -0.2) is 11.0 Å². The summed E-state index contributed by atoms with van der Waals surface area (Å²) in [5.74, 6) is -0.304. The first kappa shape index (κ1) is 16.8. The van der Waals surface area contributed by atoms with Gasteiger partial charge in [0, 0.05) is 12.3 Å². The Morgan fingerprint density at radius 2 is 1.48 bits per heavy atom. The van der Waals surface area contributed by atoms with Gasteiger partial charge in [-0.15, -0.1) is 0 Å². The molecule has 1 atom stereocenters. The van der Waals surface area contributed by atoms with Gasteiger partial charge in [0.2, 0.25) is 5.91 Å². The van der Waals surface area contributed by atoms with E-state index in [2.05, 4.69) is 6.58 Å². The normalized spacial score (nSPS) is 11.8. The lowest BCUT2D eigenvalue weighted by molar-refractivity contribution is -0.118. The molecule has 0 aliphatic carbocycles. The lowest BCUT2D eigenvalue weighted by Gasteiger charge is -2.27. The van der Waals surface area contributed by atoms with Gasteiger partial charge in [0.25, 0.3) is 0 Å². The number of allylic oxidation sites excluding steroid dienone is 1. The maximum atomic E-state index is 12.9. The van der Waals surface area contributed by atoms with Gasteiger partial charge in [-0.3, -0.25) is 9.69 Å². The first-order valence-electron chi connectivity index (χ1n) is 7.73. The van der Waals surface area contributed by atoms with Crippen LogP contribution in [0.4, 0.5) is 11.4 Å². The number of aryl methyl sites for hydroxylation is 2. The first-order valence-corrected chi connectivity index (χ1v) is 7.73. The number of aliphatic hydroxyl groups is 1. The molecule has 1 N–H and O–H groups in total. The Labute approximate surface area is 137 Å². The molecule has 0 aliphatic heterocycles. The highest BCUT2D eigenvalue weighted by Gasteiger charge is 2.23. The molecular formula is C20H23NO2. The van der Waals surface area contributed by atoms with Gasteiger partial charge in [-0.2, -0.15) is 0 Å². The summed E-state index contributed by atoms with van der Waals surface area (Å²) in [7, 11) is 0. The fourth-order valence-corrected chi connectivity index (χ4v) is 2.50. The highest BCUT2D eigenvalue weighted by Crippen LogP contribution is 2.32. The fraction of sp³-hybridized carbons (Fsp3) is 0.250. The monoisotopic (exact) mass is 309 g/mol. The molecule has 0 unspecified atom stereocenters. The van der Waals surface area contributed by atoms with Crippen LogP contribution in [0.2, 0.25) is 0 Å². The van der Waals surface area contributed by atoms with Crippen LogP contribution in [0.3, 0.4) is 0 Å². The molecule has 2 aromatic carbocycles. The number of aliphatic hydroxyl groups excluding tert-OH is 1. The Morgan fingerprint density at radius 1 is 1.04 bits per heavy atom. The van der Waals surface area contributed by atoms with Crippen molar-refractivity contribution in [3.8, 4) is 0 Å². The van der Waals surface area contributed by atoms with E-state index >= 15 is 0 Å². The highest BCUT2D eigenvalue weighted by molar-refractivity contribution is 6.02. The highest BCUT2D eigenvalue weighted by atomic mass is 16.3. The van der Waals surface area contributed by atoms with Crippen molar-refractivity contribution in [2.75, 3.05) is 4.90 Å². The van der Waals surface area contributed by atoms with E-state index in [1.165, 1.54) is 0 Å².